The van der Waals surface area contributed by atoms with Crippen molar-refractivity contribution in [2.45, 2.75) is 26.3 Å². The highest BCUT2D eigenvalue weighted by molar-refractivity contribution is 5.29. The van der Waals surface area contributed by atoms with E-state index in [0.717, 1.165) is 18.7 Å². The van der Waals surface area contributed by atoms with Crippen LogP contribution in [0.2, 0.25) is 0 Å². The first-order chi connectivity index (χ1) is 9.31. The molecule has 4 nitrogen and oxygen atoms in total. The van der Waals surface area contributed by atoms with Gasteiger partial charge in [0, 0.05) is 6.04 Å². The minimum absolute atomic E-state index is 0.0531. The normalized spacial score (nSPS) is 12.4. The average molecular weight is 267 g/mol. The van der Waals surface area contributed by atoms with Crippen LogP contribution in [0.5, 0.6) is 5.75 Å². The molecular formula is C15H25NO3. The maximum atomic E-state index is 8.56. The fourth-order valence-electron chi connectivity index (χ4n) is 1.93. The number of nitrogens with one attached hydrogen (secondary N) is 1. The zero-order valence-corrected chi connectivity index (χ0v) is 11.9. The first-order valence-electron chi connectivity index (χ1n) is 6.96. The summed E-state index contributed by atoms with van der Waals surface area (Å²) in [6.45, 7) is 6.68. The van der Waals surface area contributed by atoms with Crippen molar-refractivity contribution >= 4 is 0 Å². The van der Waals surface area contributed by atoms with E-state index in [1.54, 1.807) is 0 Å². The standard InChI is InChI=1S/C15H25NO3/c1-3-15(16-4-2)13-5-7-14(8-6-13)19-12-11-18-10-9-17/h5-8,15-17H,3-4,9-12H2,1-2H3. The van der Waals surface area contributed by atoms with Gasteiger partial charge in [0.15, 0.2) is 0 Å². The lowest BCUT2D eigenvalue weighted by Crippen LogP contribution is -2.19. The molecule has 0 fully saturated rings. The summed E-state index contributed by atoms with van der Waals surface area (Å²) in [5, 5.41) is 12.0. The topological polar surface area (TPSA) is 50.7 Å². The second-order valence-corrected chi connectivity index (χ2v) is 4.27. The van der Waals surface area contributed by atoms with E-state index in [1.165, 1.54) is 5.56 Å². The van der Waals surface area contributed by atoms with Crippen LogP contribution in [-0.2, 0) is 4.74 Å². The van der Waals surface area contributed by atoms with Gasteiger partial charge in [0.2, 0.25) is 0 Å². The zero-order chi connectivity index (χ0) is 13.9. The van der Waals surface area contributed by atoms with Crippen LogP contribution in [0, 0.1) is 0 Å². The van der Waals surface area contributed by atoms with Crippen LogP contribution in [0.3, 0.4) is 0 Å². The third kappa shape index (κ3) is 6.05. The van der Waals surface area contributed by atoms with Crippen molar-refractivity contribution in [3.8, 4) is 5.75 Å². The Morgan fingerprint density at radius 2 is 1.84 bits per heavy atom. The van der Waals surface area contributed by atoms with Crippen molar-refractivity contribution in [3.63, 3.8) is 0 Å². The number of aliphatic hydroxyl groups is 1. The summed E-state index contributed by atoms with van der Waals surface area (Å²) in [4.78, 5) is 0. The van der Waals surface area contributed by atoms with E-state index in [-0.39, 0.29) is 6.61 Å². The van der Waals surface area contributed by atoms with Crippen LogP contribution in [0.15, 0.2) is 24.3 Å². The fraction of sp³-hybridized carbons (Fsp3) is 0.600. The summed E-state index contributed by atoms with van der Waals surface area (Å²) in [7, 11) is 0. The van der Waals surface area contributed by atoms with Gasteiger partial charge in [0.05, 0.1) is 19.8 Å². The third-order valence-electron chi connectivity index (χ3n) is 2.87. The van der Waals surface area contributed by atoms with E-state index >= 15 is 0 Å². The van der Waals surface area contributed by atoms with Crippen molar-refractivity contribution < 1.29 is 14.6 Å². The van der Waals surface area contributed by atoms with Crippen LogP contribution in [-0.4, -0.2) is 38.1 Å². The van der Waals surface area contributed by atoms with Crippen molar-refractivity contribution in [3.05, 3.63) is 29.8 Å². The quantitative estimate of drug-likeness (QED) is 0.638. The summed E-state index contributed by atoms with van der Waals surface area (Å²) in [5.41, 5.74) is 1.29. The molecule has 1 aromatic rings. The van der Waals surface area contributed by atoms with E-state index in [0.29, 0.717) is 25.9 Å². The summed E-state index contributed by atoms with van der Waals surface area (Å²) in [6.07, 6.45) is 1.07. The molecular weight excluding hydrogens is 242 g/mol. The van der Waals surface area contributed by atoms with Crippen molar-refractivity contribution in [2.75, 3.05) is 33.0 Å². The first kappa shape index (κ1) is 16.0. The molecule has 1 aromatic carbocycles. The number of aliphatic hydroxyl groups excluding tert-OH is 1. The highest BCUT2D eigenvalue weighted by Crippen LogP contribution is 2.20. The van der Waals surface area contributed by atoms with Gasteiger partial charge in [-0.15, -0.1) is 0 Å². The van der Waals surface area contributed by atoms with Gasteiger partial charge in [-0.2, -0.15) is 0 Å². The monoisotopic (exact) mass is 267 g/mol. The Kier molecular flexibility index (Phi) is 8.21. The second-order valence-electron chi connectivity index (χ2n) is 4.27. The summed E-state index contributed by atoms with van der Waals surface area (Å²) in [6, 6.07) is 8.58. The Bertz CT molecular complexity index is 327. The van der Waals surface area contributed by atoms with Crippen LogP contribution >= 0.6 is 0 Å². The zero-order valence-electron chi connectivity index (χ0n) is 11.9. The molecule has 0 radical (unpaired) electrons. The molecule has 0 bridgehead atoms. The second kappa shape index (κ2) is 9.78. The molecule has 0 aliphatic rings. The average Bonchev–Trinajstić information content (AvgIpc) is 2.45. The molecule has 4 heteroatoms. The molecule has 1 atom stereocenters. The minimum atomic E-state index is 0.0531. The van der Waals surface area contributed by atoms with Gasteiger partial charge < -0.3 is 19.9 Å². The fourth-order valence-corrected chi connectivity index (χ4v) is 1.93. The van der Waals surface area contributed by atoms with Crippen LogP contribution < -0.4 is 10.1 Å². The van der Waals surface area contributed by atoms with Gasteiger partial charge in [0.1, 0.15) is 12.4 Å². The molecule has 0 spiro atoms. The number of rotatable bonds is 10. The highest BCUT2D eigenvalue weighted by Gasteiger charge is 2.07. The Balaban J connectivity index is 2.38. The van der Waals surface area contributed by atoms with E-state index in [2.05, 4.69) is 31.3 Å². The van der Waals surface area contributed by atoms with E-state index in [9.17, 15) is 0 Å². The Labute approximate surface area is 115 Å². The first-order valence-corrected chi connectivity index (χ1v) is 6.96. The van der Waals surface area contributed by atoms with Crippen molar-refractivity contribution in [2.24, 2.45) is 0 Å². The van der Waals surface area contributed by atoms with Crippen molar-refractivity contribution in [1.82, 2.24) is 5.32 Å². The van der Waals surface area contributed by atoms with Crippen molar-refractivity contribution in [1.29, 1.82) is 0 Å². The molecule has 2 N–H and O–H groups in total. The summed E-state index contributed by atoms with van der Waals surface area (Å²) in [5.74, 6) is 0.850. The molecule has 0 aromatic heterocycles. The number of hydrogen-bond acceptors (Lipinski definition) is 4. The smallest absolute Gasteiger partial charge is 0.119 e. The maximum Gasteiger partial charge on any atom is 0.119 e. The lowest BCUT2D eigenvalue weighted by atomic mass is 10.0. The molecule has 0 saturated heterocycles. The lowest BCUT2D eigenvalue weighted by molar-refractivity contribution is 0.0705. The molecule has 0 aliphatic heterocycles. The molecule has 1 rings (SSSR count). The SMILES string of the molecule is CCNC(CC)c1ccc(OCCOCCO)cc1. The largest absolute Gasteiger partial charge is 0.491 e. The van der Waals surface area contributed by atoms with Crippen LogP contribution in [0.4, 0.5) is 0 Å². The number of benzene rings is 1. The van der Waals surface area contributed by atoms with Crippen LogP contribution in [0.1, 0.15) is 31.9 Å². The van der Waals surface area contributed by atoms with Gasteiger partial charge in [-0.25, -0.2) is 0 Å². The number of hydrogen-bond donors (Lipinski definition) is 2. The van der Waals surface area contributed by atoms with E-state index in [1.807, 2.05) is 12.1 Å². The Morgan fingerprint density at radius 3 is 2.42 bits per heavy atom. The Hall–Kier alpha value is -1.10. The van der Waals surface area contributed by atoms with Gasteiger partial charge in [0.25, 0.3) is 0 Å². The molecule has 0 aliphatic carbocycles. The Morgan fingerprint density at radius 1 is 1.11 bits per heavy atom. The van der Waals surface area contributed by atoms with Gasteiger partial charge in [-0.05, 0) is 30.7 Å². The summed E-state index contributed by atoms with van der Waals surface area (Å²) >= 11 is 0. The third-order valence-corrected chi connectivity index (χ3v) is 2.87. The molecule has 0 heterocycles. The molecule has 19 heavy (non-hydrogen) atoms. The maximum absolute atomic E-state index is 8.56. The minimum Gasteiger partial charge on any atom is -0.491 e. The predicted octanol–water partition coefficient (Wildman–Crippen LogP) is 2.13. The van der Waals surface area contributed by atoms with Gasteiger partial charge >= 0.3 is 0 Å². The predicted molar refractivity (Wildman–Crippen MR) is 76.6 cm³/mol. The van der Waals surface area contributed by atoms with E-state index in [4.69, 9.17) is 14.6 Å². The van der Waals surface area contributed by atoms with Crippen LogP contribution in [0.25, 0.3) is 0 Å². The highest BCUT2D eigenvalue weighted by atomic mass is 16.5. The number of ether oxygens (including phenoxy) is 2. The molecule has 108 valence electrons. The summed E-state index contributed by atoms with van der Waals surface area (Å²) < 4.78 is 10.7. The molecule has 1 unspecified atom stereocenters. The molecule has 0 saturated carbocycles. The lowest BCUT2D eigenvalue weighted by Gasteiger charge is -2.16. The van der Waals surface area contributed by atoms with E-state index < -0.39 is 0 Å². The van der Waals surface area contributed by atoms with Gasteiger partial charge in [-0.1, -0.05) is 26.0 Å². The molecule has 0 amide bonds. The van der Waals surface area contributed by atoms with Gasteiger partial charge in [-0.3, -0.25) is 0 Å².